The topological polar surface area (TPSA) is 118 Å². The molecule has 136 valence electrons. The summed E-state index contributed by atoms with van der Waals surface area (Å²) < 4.78 is 4.83. The lowest BCUT2D eigenvalue weighted by Crippen LogP contribution is -2.41. The molecule has 5 N–H and O–H groups in total. The predicted molar refractivity (Wildman–Crippen MR) is 101 cm³/mol. The number of hydrogen-bond acceptors (Lipinski definition) is 6. The van der Waals surface area contributed by atoms with Crippen molar-refractivity contribution in [3.8, 4) is 0 Å². The summed E-state index contributed by atoms with van der Waals surface area (Å²) in [7, 11) is 0. The van der Waals surface area contributed by atoms with Gasteiger partial charge in [0, 0.05) is 24.2 Å². The van der Waals surface area contributed by atoms with E-state index in [-0.39, 0.29) is 18.9 Å². The number of benzene rings is 1. The van der Waals surface area contributed by atoms with E-state index >= 15 is 0 Å². The summed E-state index contributed by atoms with van der Waals surface area (Å²) >= 11 is 5.19. The quantitative estimate of drug-likeness (QED) is 0.176. The van der Waals surface area contributed by atoms with Crippen LogP contribution >= 0.6 is 12.2 Å². The van der Waals surface area contributed by atoms with Crippen molar-refractivity contribution in [1.82, 2.24) is 10.6 Å². The molecule has 1 unspecified atom stereocenters. The molecule has 1 rings (SSSR count). The number of nitrogens with one attached hydrogen (secondary N) is 3. The van der Waals surface area contributed by atoms with E-state index < -0.39 is 12.0 Å². The second-order valence-corrected chi connectivity index (χ2v) is 5.45. The van der Waals surface area contributed by atoms with Crippen molar-refractivity contribution in [3.05, 3.63) is 29.8 Å². The maximum Gasteiger partial charge on any atom is 0.328 e. The number of amides is 1. The summed E-state index contributed by atoms with van der Waals surface area (Å²) in [5.41, 5.74) is 1.53. The van der Waals surface area contributed by atoms with E-state index in [2.05, 4.69) is 21.1 Å². The minimum atomic E-state index is -0.681. The number of ether oxygens (including phenoxy) is 1. The Hall–Kier alpha value is -2.68. The third kappa shape index (κ3) is 7.62. The van der Waals surface area contributed by atoms with Crippen LogP contribution in [0.5, 0.6) is 0 Å². The van der Waals surface area contributed by atoms with Crippen LogP contribution in [0.25, 0.3) is 0 Å². The van der Waals surface area contributed by atoms with Gasteiger partial charge in [-0.1, -0.05) is 18.2 Å². The average Bonchev–Trinajstić information content (AvgIpc) is 2.57. The summed E-state index contributed by atoms with van der Waals surface area (Å²) in [6.07, 6.45) is 1.67. The Morgan fingerprint density at radius 1 is 1.40 bits per heavy atom. The van der Waals surface area contributed by atoms with Crippen molar-refractivity contribution in [2.24, 2.45) is 10.9 Å². The van der Waals surface area contributed by atoms with E-state index in [1.54, 1.807) is 13.8 Å². The van der Waals surface area contributed by atoms with Crippen LogP contribution in [0.1, 0.15) is 25.8 Å². The van der Waals surface area contributed by atoms with Crippen LogP contribution in [0.4, 0.5) is 5.69 Å². The lowest BCUT2D eigenvalue weighted by Gasteiger charge is -2.14. The van der Waals surface area contributed by atoms with Crippen molar-refractivity contribution in [2.75, 3.05) is 18.5 Å². The van der Waals surface area contributed by atoms with Crippen molar-refractivity contribution in [3.63, 3.8) is 0 Å². The van der Waals surface area contributed by atoms with E-state index in [9.17, 15) is 9.59 Å². The minimum Gasteiger partial charge on any atom is -0.464 e. The molecule has 0 bridgehead atoms. The maximum atomic E-state index is 11.8. The van der Waals surface area contributed by atoms with Crippen LogP contribution in [0.15, 0.2) is 29.4 Å². The minimum absolute atomic E-state index is 0.164. The van der Waals surface area contributed by atoms with Crippen molar-refractivity contribution < 1.29 is 14.3 Å². The van der Waals surface area contributed by atoms with Crippen LogP contribution in [-0.4, -0.2) is 42.4 Å². The van der Waals surface area contributed by atoms with Gasteiger partial charge < -0.3 is 26.5 Å². The van der Waals surface area contributed by atoms with E-state index in [4.69, 9.17) is 22.8 Å². The van der Waals surface area contributed by atoms with Gasteiger partial charge >= 0.3 is 5.97 Å². The fourth-order valence-electron chi connectivity index (χ4n) is 1.90. The molecular weight excluding hydrogens is 342 g/mol. The first-order valence-electron chi connectivity index (χ1n) is 7.81. The molecule has 1 atom stereocenters. The number of carbonyl (C=O) groups excluding carboxylic acids is 2. The highest BCUT2D eigenvalue weighted by molar-refractivity contribution is 7.80. The molecule has 1 aromatic carbocycles. The van der Waals surface area contributed by atoms with Gasteiger partial charge in [-0.25, -0.2) is 4.79 Å². The monoisotopic (exact) mass is 365 g/mol. The highest BCUT2D eigenvalue weighted by atomic mass is 32.1. The van der Waals surface area contributed by atoms with Crippen LogP contribution in [0, 0.1) is 0 Å². The molecule has 0 radical (unpaired) electrons. The highest BCUT2D eigenvalue weighted by Crippen LogP contribution is 2.12. The van der Waals surface area contributed by atoms with Crippen LogP contribution in [0.3, 0.4) is 0 Å². The first-order valence-corrected chi connectivity index (χ1v) is 8.21. The molecular formula is C16H23N5O3S. The van der Waals surface area contributed by atoms with E-state index in [0.29, 0.717) is 11.7 Å². The molecule has 0 saturated carbocycles. The number of hydrogen-bond donors (Lipinski definition) is 4. The van der Waals surface area contributed by atoms with Gasteiger partial charge in [-0.15, -0.1) is 0 Å². The lowest BCUT2D eigenvalue weighted by molar-refractivity contribution is -0.146. The summed E-state index contributed by atoms with van der Waals surface area (Å²) in [5.74, 6) is 4.44. The number of carbonyl (C=O) groups is 2. The Kier molecular flexibility index (Phi) is 8.94. The molecule has 0 aliphatic carbocycles. The van der Waals surface area contributed by atoms with Crippen molar-refractivity contribution in [2.45, 2.75) is 26.3 Å². The number of thiocarbonyl (C=S) groups is 1. The van der Waals surface area contributed by atoms with Gasteiger partial charge in [0.15, 0.2) is 5.11 Å². The molecule has 0 fully saturated rings. The molecule has 1 aromatic rings. The number of nitrogens with zero attached hydrogens (tertiary/aromatic N) is 1. The largest absolute Gasteiger partial charge is 0.464 e. The van der Waals surface area contributed by atoms with E-state index in [0.717, 1.165) is 11.3 Å². The molecule has 0 heterocycles. The zero-order chi connectivity index (χ0) is 18.7. The summed E-state index contributed by atoms with van der Waals surface area (Å²) in [5, 5.41) is 12.4. The van der Waals surface area contributed by atoms with Gasteiger partial charge in [0.25, 0.3) is 0 Å². The third-order valence-corrected chi connectivity index (χ3v) is 3.32. The molecule has 9 heteroatoms. The first kappa shape index (κ1) is 20.4. The fraction of sp³-hybridized carbons (Fsp3) is 0.375. The number of para-hydroxylation sites is 1. The zero-order valence-electron chi connectivity index (χ0n) is 14.2. The molecule has 0 saturated heterocycles. The Bertz CT molecular complexity index is 636. The molecule has 8 nitrogen and oxygen atoms in total. The normalized spacial score (nSPS) is 11.6. The smallest absolute Gasteiger partial charge is 0.328 e. The van der Waals surface area contributed by atoms with Gasteiger partial charge in [0.1, 0.15) is 6.04 Å². The number of hydrazone groups is 1. The summed E-state index contributed by atoms with van der Waals surface area (Å²) in [6, 6.07) is 6.70. The number of rotatable bonds is 8. The molecule has 0 aliphatic heterocycles. The third-order valence-electron chi connectivity index (χ3n) is 3.08. The molecule has 0 aromatic heterocycles. The summed E-state index contributed by atoms with van der Waals surface area (Å²) in [6.45, 7) is 3.88. The molecule has 0 spiro atoms. The van der Waals surface area contributed by atoms with Gasteiger partial charge in [0.05, 0.1) is 12.8 Å². The fourth-order valence-corrected chi connectivity index (χ4v) is 2.11. The second kappa shape index (κ2) is 11.0. The van der Waals surface area contributed by atoms with Gasteiger partial charge in [-0.3, -0.25) is 4.79 Å². The Labute approximate surface area is 152 Å². The predicted octanol–water partition coefficient (Wildman–Crippen LogP) is 0.724. The SMILES string of the molecule is CCOC(=O)C(C)NC(=O)CCNC(=S)Nc1ccccc1C=NN. The van der Waals surface area contributed by atoms with Gasteiger partial charge in [-0.05, 0) is 32.1 Å². The average molecular weight is 365 g/mol. The maximum absolute atomic E-state index is 11.8. The molecule has 25 heavy (non-hydrogen) atoms. The highest BCUT2D eigenvalue weighted by Gasteiger charge is 2.16. The number of esters is 1. The lowest BCUT2D eigenvalue weighted by atomic mass is 10.2. The van der Waals surface area contributed by atoms with E-state index in [1.807, 2.05) is 24.3 Å². The Balaban J connectivity index is 2.38. The van der Waals surface area contributed by atoms with Crippen LogP contribution in [0.2, 0.25) is 0 Å². The van der Waals surface area contributed by atoms with Crippen LogP contribution < -0.4 is 21.8 Å². The molecule has 1 amide bonds. The molecule has 0 aliphatic rings. The van der Waals surface area contributed by atoms with Gasteiger partial charge in [-0.2, -0.15) is 5.10 Å². The Morgan fingerprint density at radius 3 is 2.80 bits per heavy atom. The first-order chi connectivity index (χ1) is 12.0. The summed E-state index contributed by atoms with van der Waals surface area (Å²) in [4.78, 5) is 23.2. The van der Waals surface area contributed by atoms with Crippen molar-refractivity contribution in [1.29, 1.82) is 0 Å². The number of nitrogens with two attached hydrogens (primary N) is 1. The zero-order valence-corrected chi connectivity index (χ0v) is 15.1. The second-order valence-electron chi connectivity index (χ2n) is 5.04. The van der Waals surface area contributed by atoms with Crippen molar-refractivity contribution >= 4 is 41.1 Å². The Morgan fingerprint density at radius 2 is 2.12 bits per heavy atom. The van der Waals surface area contributed by atoms with Crippen LogP contribution in [-0.2, 0) is 14.3 Å². The number of anilines is 1. The standard InChI is InChI=1S/C16H23N5O3S/c1-3-24-15(23)11(2)20-14(22)8-9-18-16(25)21-13-7-5-4-6-12(13)10-19-17/h4-7,10-11H,3,8-9,17H2,1-2H3,(H,20,22)(H2,18,21,25). The van der Waals surface area contributed by atoms with E-state index in [1.165, 1.54) is 6.21 Å². The van der Waals surface area contributed by atoms with Gasteiger partial charge in [0.2, 0.25) is 5.91 Å².